The number of halogens is 1. The molecule has 0 fully saturated rings. The predicted molar refractivity (Wildman–Crippen MR) is 105 cm³/mol. The van der Waals surface area contributed by atoms with Crippen molar-refractivity contribution in [2.45, 2.75) is 19.8 Å². The van der Waals surface area contributed by atoms with Crippen LogP contribution in [0, 0.1) is 12.7 Å². The molecule has 0 spiro atoms. The van der Waals surface area contributed by atoms with Crippen molar-refractivity contribution in [3.63, 3.8) is 0 Å². The molecule has 5 nitrogen and oxygen atoms in total. The van der Waals surface area contributed by atoms with Crippen molar-refractivity contribution in [1.29, 1.82) is 0 Å². The molecule has 2 aromatic heterocycles. The van der Waals surface area contributed by atoms with Gasteiger partial charge < -0.3 is 5.32 Å². The smallest absolute Gasteiger partial charge is 0.225 e. The third-order valence-corrected chi connectivity index (χ3v) is 5.17. The fraction of sp³-hybridized carbons (Fsp3) is 0.150. The first-order valence-corrected chi connectivity index (χ1v) is 9.37. The molecule has 1 N–H and O–H groups in total. The summed E-state index contributed by atoms with van der Waals surface area (Å²) in [6, 6.07) is 15.7. The van der Waals surface area contributed by atoms with E-state index in [4.69, 9.17) is 0 Å². The van der Waals surface area contributed by atoms with Crippen LogP contribution >= 0.6 is 11.3 Å². The first-order chi connectivity index (χ1) is 13.1. The van der Waals surface area contributed by atoms with Gasteiger partial charge in [0.25, 0.3) is 0 Å². The predicted octanol–water partition coefficient (Wildman–Crippen LogP) is 4.50. The van der Waals surface area contributed by atoms with E-state index in [-0.39, 0.29) is 11.7 Å². The Morgan fingerprint density at radius 1 is 1.19 bits per heavy atom. The maximum absolute atomic E-state index is 13.2. The number of benzene rings is 2. The SMILES string of the molecule is Cc1cc(NC(=O)CCc2nc3ccccc3s2)n(-c2ccc(F)cc2)n1. The molecule has 0 aliphatic heterocycles. The number of aryl methyl sites for hydroxylation is 2. The lowest BCUT2D eigenvalue weighted by Gasteiger charge is -2.08. The quantitative estimate of drug-likeness (QED) is 0.554. The van der Waals surface area contributed by atoms with Gasteiger partial charge in [0.1, 0.15) is 11.6 Å². The number of nitrogens with one attached hydrogen (secondary N) is 1. The molecule has 0 unspecified atom stereocenters. The first-order valence-electron chi connectivity index (χ1n) is 8.55. The molecule has 4 aromatic rings. The van der Waals surface area contributed by atoms with Crippen molar-refractivity contribution in [3.8, 4) is 5.69 Å². The highest BCUT2D eigenvalue weighted by Crippen LogP contribution is 2.23. The third-order valence-electron chi connectivity index (χ3n) is 4.07. The van der Waals surface area contributed by atoms with Crippen LogP contribution in [-0.2, 0) is 11.2 Å². The maximum Gasteiger partial charge on any atom is 0.225 e. The van der Waals surface area contributed by atoms with Crippen LogP contribution < -0.4 is 5.32 Å². The number of carbonyl (C=O) groups excluding carboxylic acids is 1. The van der Waals surface area contributed by atoms with E-state index in [0.717, 1.165) is 20.9 Å². The number of hydrogen-bond donors (Lipinski definition) is 1. The van der Waals surface area contributed by atoms with Crippen molar-refractivity contribution in [1.82, 2.24) is 14.8 Å². The molecule has 136 valence electrons. The summed E-state index contributed by atoms with van der Waals surface area (Å²) in [5.74, 6) is 0.134. The van der Waals surface area contributed by atoms with Gasteiger partial charge in [-0.2, -0.15) is 5.10 Å². The normalized spacial score (nSPS) is 11.0. The zero-order valence-electron chi connectivity index (χ0n) is 14.6. The molecule has 27 heavy (non-hydrogen) atoms. The molecular formula is C20H17FN4OS. The largest absolute Gasteiger partial charge is 0.311 e. The number of rotatable bonds is 5. The van der Waals surface area contributed by atoms with E-state index in [2.05, 4.69) is 15.4 Å². The number of nitrogens with zero attached hydrogens (tertiary/aromatic N) is 3. The number of para-hydroxylation sites is 1. The summed E-state index contributed by atoms with van der Waals surface area (Å²) in [4.78, 5) is 17.0. The number of aromatic nitrogens is 3. The van der Waals surface area contributed by atoms with Gasteiger partial charge in [-0.25, -0.2) is 14.1 Å². The van der Waals surface area contributed by atoms with E-state index in [1.54, 1.807) is 34.2 Å². The van der Waals surface area contributed by atoms with E-state index >= 15 is 0 Å². The van der Waals surface area contributed by atoms with E-state index in [0.29, 0.717) is 24.3 Å². The zero-order valence-corrected chi connectivity index (χ0v) is 15.5. The number of amides is 1. The summed E-state index contributed by atoms with van der Waals surface area (Å²) >= 11 is 1.61. The minimum atomic E-state index is -0.316. The number of carbonyl (C=O) groups is 1. The topological polar surface area (TPSA) is 59.8 Å². The van der Waals surface area contributed by atoms with Gasteiger partial charge in [-0.15, -0.1) is 11.3 Å². The van der Waals surface area contributed by atoms with Crippen LogP contribution in [0.25, 0.3) is 15.9 Å². The molecule has 7 heteroatoms. The van der Waals surface area contributed by atoms with E-state index < -0.39 is 0 Å². The Hall–Kier alpha value is -3.06. The maximum atomic E-state index is 13.2. The fourth-order valence-electron chi connectivity index (χ4n) is 2.82. The van der Waals surface area contributed by atoms with Crippen molar-refractivity contribution >= 4 is 33.3 Å². The first kappa shape index (κ1) is 17.4. The Labute approximate surface area is 159 Å². The molecule has 2 aromatic carbocycles. The number of fused-ring (bicyclic) bond motifs is 1. The van der Waals surface area contributed by atoms with Gasteiger partial charge in [-0.05, 0) is 43.3 Å². The van der Waals surface area contributed by atoms with Crippen molar-refractivity contribution in [2.24, 2.45) is 0 Å². The molecule has 0 saturated heterocycles. The van der Waals surface area contributed by atoms with Crippen LogP contribution in [0.3, 0.4) is 0 Å². The summed E-state index contributed by atoms with van der Waals surface area (Å²) in [6.07, 6.45) is 0.905. The van der Waals surface area contributed by atoms with Gasteiger partial charge in [0, 0.05) is 18.9 Å². The molecule has 0 atom stereocenters. The van der Waals surface area contributed by atoms with Gasteiger partial charge >= 0.3 is 0 Å². The second-order valence-electron chi connectivity index (χ2n) is 6.18. The summed E-state index contributed by atoms with van der Waals surface area (Å²) in [6.45, 7) is 1.84. The minimum absolute atomic E-state index is 0.113. The lowest BCUT2D eigenvalue weighted by Crippen LogP contribution is -2.15. The Morgan fingerprint density at radius 2 is 1.96 bits per heavy atom. The lowest BCUT2D eigenvalue weighted by molar-refractivity contribution is -0.116. The van der Waals surface area contributed by atoms with Gasteiger partial charge in [0.2, 0.25) is 5.91 Å². The molecule has 0 saturated carbocycles. The molecular weight excluding hydrogens is 363 g/mol. The van der Waals surface area contributed by atoms with Crippen LogP contribution in [0.5, 0.6) is 0 Å². The van der Waals surface area contributed by atoms with E-state index in [9.17, 15) is 9.18 Å². The Kier molecular flexibility index (Phi) is 4.68. The Morgan fingerprint density at radius 3 is 2.74 bits per heavy atom. The van der Waals surface area contributed by atoms with Crippen LogP contribution in [0.1, 0.15) is 17.1 Å². The monoisotopic (exact) mass is 380 g/mol. The van der Waals surface area contributed by atoms with Gasteiger partial charge in [-0.1, -0.05) is 12.1 Å². The fourth-order valence-corrected chi connectivity index (χ4v) is 3.79. The van der Waals surface area contributed by atoms with Crippen LogP contribution in [0.15, 0.2) is 54.6 Å². The average molecular weight is 380 g/mol. The summed E-state index contributed by atoms with van der Waals surface area (Å²) in [5.41, 5.74) is 2.41. The Bertz CT molecular complexity index is 1070. The molecule has 1 amide bonds. The number of anilines is 1. The van der Waals surface area contributed by atoms with Crippen molar-refractivity contribution < 1.29 is 9.18 Å². The van der Waals surface area contributed by atoms with Gasteiger partial charge in [0.15, 0.2) is 0 Å². The van der Waals surface area contributed by atoms with Gasteiger partial charge in [-0.3, -0.25) is 4.79 Å². The second-order valence-corrected chi connectivity index (χ2v) is 7.30. The molecule has 0 bridgehead atoms. The highest BCUT2D eigenvalue weighted by Gasteiger charge is 2.12. The highest BCUT2D eigenvalue weighted by atomic mass is 32.1. The highest BCUT2D eigenvalue weighted by molar-refractivity contribution is 7.18. The number of thiazole rings is 1. The lowest BCUT2D eigenvalue weighted by atomic mass is 10.3. The Balaban J connectivity index is 1.45. The second kappa shape index (κ2) is 7.28. The summed E-state index contributed by atoms with van der Waals surface area (Å²) < 4.78 is 15.9. The standard InChI is InChI=1S/C20H17FN4OS/c1-13-12-18(25(24-13)15-8-6-14(21)7-9-15)23-19(26)10-11-20-22-16-4-2-3-5-17(16)27-20/h2-9,12H,10-11H2,1H3,(H,23,26). The summed E-state index contributed by atoms with van der Waals surface area (Å²) in [5, 5.41) is 8.21. The van der Waals surface area contributed by atoms with Crippen LogP contribution in [-0.4, -0.2) is 20.7 Å². The molecule has 4 rings (SSSR count). The average Bonchev–Trinajstić information content (AvgIpc) is 3.23. The molecule has 0 aliphatic rings. The minimum Gasteiger partial charge on any atom is -0.311 e. The van der Waals surface area contributed by atoms with Gasteiger partial charge in [0.05, 0.1) is 26.6 Å². The van der Waals surface area contributed by atoms with Crippen LogP contribution in [0.4, 0.5) is 10.2 Å². The summed E-state index contributed by atoms with van der Waals surface area (Å²) in [7, 11) is 0. The molecule has 2 heterocycles. The van der Waals surface area contributed by atoms with Crippen molar-refractivity contribution in [3.05, 3.63) is 71.1 Å². The molecule has 0 aliphatic carbocycles. The zero-order chi connectivity index (χ0) is 18.8. The molecule has 0 radical (unpaired) electrons. The van der Waals surface area contributed by atoms with E-state index in [1.807, 2.05) is 31.2 Å². The third kappa shape index (κ3) is 3.88. The number of hydrogen-bond acceptors (Lipinski definition) is 4. The van der Waals surface area contributed by atoms with E-state index in [1.165, 1.54) is 12.1 Å². The van der Waals surface area contributed by atoms with Crippen molar-refractivity contribution in [2.75, 3.05) is 5.32 Å². The van der Waals surface area contributed by atoms with Crippen LogP contribution in [0.2, 0.25) is 0 Å².